The van der Waals surface area contributed by atoms with Gasteiger partial charge in [0.15, 0.2) is 11.0 Å². The number of aromatic nitrogens is 3. The maximum Gasteiger partial charge on any atom is 0.338 e. The van der Waals surface area contributed by atoms with E-state index in [4.69, 9.17) is 4.74 Å². The Kier molecular flexibility index (Phi) is 9.02. The first kappa shape index (κ1) is 26.0. The predicted molar refractivity (Wildman–Crippen MR) is 135 cm³/mol. The van der Waals surface area contributed by atoms with Gasteiger partial charge in [0.25, 0.3) is 5.91 Å². The van der Waals surface area contributed by atoms with Gasteiger partial charge in [-0.2, -0.15) is 0 Å². The molecule has 2 aromatic carbocycles. The molecule has 0 fully saturated rings. The van der Waals surface area contributed by atoms with Crippen molar-refractivity contribution in [3.63, 3.8) is 0 Å². The molecule has 3 aromatic rings. The smallest absolute Gasteiger partial charge is 0.338 e. The highest BCUT2D eigenvalue weighted by atomic mass is 32.2. The normalized spacial score (nSPS) is 11.5. The number of rotatable bonds is 10. The number of ether oxygens (including phenoxy) is 1. The molecule has 0 unspecified atom stereocenters. The van der Waals surface area contributed by atoms with Crippen LogP contribution in [-0.2, 0) is 16.1 Å². The molecular formula is C25H29N5O4S. The third-order valence-electron chi connectivity index (χ3n) is 5.09. The van der Waals surface area contributed by atoms with E-state index in [-0.39, 0.29) is 23.6 Å². The Labute approximate surface area is 208 Å². The summed E-state index contributed by atoms with van der Waals surface area (Å²) >= 11 is 1.26. The molecule has 1 atom stereocenters. The van der Waals surface area contributed by atoms with Crippen LogP contribution < -0.4 is 10.6 Å². The molecule has 3 rings (SSSR count). The number of esters is 1. The fourth-order valence-corrected chi connectivity index (χ4v) is 4.20. The lowest BCUT2D eigenvalue weighted by molar-refractivity contribution is -0.113. The number of hydrogen-bond acceptors (Lipinski definition) is 7. The Hall–Kier alpha value is -3.66. The van der Waals surface area contributed by atoms with Crippen molar-refractivity contribution < 1.29 is 19.1 Å². The van der Waals surface area contributed by atoms with E-state index >= 15 is 0 Å². The SMILES string of the molecule is CCOC(=O)c1ccc(NC(=O)CSc2nnc([C@H](C)NC(=O)c3cccc(C)c3)n2CC)cc1. The van der Waals surface area contributed by atoms with Crippen LogP contribution in [0.3, 0.4) is 0 Å². The van der Waals surface area contributed by atoms with Gasteiger partial charge < -0.3 is 19.9 Å². The van der Waals surface area contributed by atoms with Crippen LogP contribution in [0.25, 0.3) is 0 Å². The van der Waals surface area contributed by atoms with Crippen molar-refractivity contribution >= 4 is 35.2 Å². The van der Waals surface area contributed by atoms with Crippen LogP contribution in [0, 0.1) is 6.92 Å². The van der Waals surface area contributed by atoms with Crippen LogP contribution in [0.5, 0.6) is 0 Å². The van der Waals surface area contributed by atoms with E-state index in [2.05, 4.69) is 20.8 Å². The minimum atomic E-state index is -0.403. The third kappa shape index (κ3) is 6.92. The minimum Gasteiger partial charge on any atom is -0.462 e. The number of carbonyl (C=O) groups is 3. The van der Waals surface area contributed by atoms with Gasteiger partial charge >= 0.3 is 5.97 Å². The summed E-state index contributed by atoms with van der Waals surface area (Å²) in [4.78, 5) is 36.8. The second-order valence-electron chi connectivity index (χ2n) is 7.78. The van der Waals surface area contributed by atoms with Crippen LogP contribution in [0.2, 0.25) is 0 Å². The number of nitrogens with one attached hydrogen (secondary N) is 2. The van der Waals surface area contributed by atoms with Crippen LogP contribution in [-0.4, -0.2) is 44.9 Å². The van der Waals surface area contributed by atoms with Crippen molar-refractivity contribution in [2.45, 2.75) is 45.4 Å². The fraction of sp³-hybridized carbons (Fsp3) is 0.320. The molecule has 10 heteroatoms. The Morgan fingerprint density at radius 1 is 1.06 bits per heavy atom. The lowest BCUT2D eigenvalue weighted by Crippen LogP contribution is -2.28. The van der Waals surface area contributed by atoms with E-state index < -0.39 is 5.97 Å². The van der Waals surface area contributed by atoms with Gasteiger partial charge in [-0.3, -0.25) is 9.59 Å². The summed E-state index contributed by atoms with van der Waals surface area (Å²) in [6.07, 6.45) is 0. The molecule has 0 bridgehead atoms. The molecule has 0 aliphatic carbocycles. The second kappa shape index (κ2) is 12.2. The molecule has 0 aliphatic heterocycles. The van der Waals surface area contributed by atoms with Gasteiger partial charge in [-0.25, -0.2) is 4.79 Å². The van der Waals surface area contributed by atoms with E-state index in [1.54, 1.807) is 37.3 Å². The maximum atomic E-state index is 12.6. The zero-order valence-corrected chi connectivity index (χ0v) is 21.0. The number of benzene rings is 2. The quantitative estimate of drug-likeness (QED) is 0.323. The van der Waals surface area contributed by atoms with Gasteiger partial charge in [0.2, 0.25) is 5.91 Å². The molecule has 0 saturated carbocycles. The Morgan fingerprint density at radius 2 is 1.80 bits per heavy atom. The van der Waals surface area contributed by atoms with Crippen molar-refractivity contribution in [1.82, 2.24) is 20.1 Å². The predicted octanol–water partition coefficient (Wildman–Crippen LogP) is 4.00. The summed E-state index contributed by atoms with van der Waals surface area (Å²) in [5.74, 6) is -0.0610. The zero-order chi connectivity index (χ0) is 25.4. The van der Waals surface area contributed by atoms with Gasteiger partial charge in [0.05, 0.1) is 24.0 Å². The molecular weight excluding hydrogens is 466 g/mol. The summed E-state index contributed by atoms with van der Waals surface area (Å²) in [6.45, 7) is 8.38. The Morgan fingerprint density at radius 3 is 2.46 bits per heavy atom. The standard InChI is InChI=1S/C25H29N5O4S/c1-5-30-22(17(4)26-23(32)19-9-7-8-16(3)14-19)28-29-25(30)35-15-21(31)27-20-12-10-18(11-13-20)24(33)34-6-2/h7-14,17H,5-6,15H2,1-4H3,(H,26,32)(H,27,31)/t17-/m0/s1. The number of nitrogens with zero attached hydrogens (tertiary/aromatic N) is 3. The van der Waals surface area contributed by atoms with Gasteiger partial charge in [-0.15, -0.1) is 10.2 Å². The molecule has 1 heterocycles. The first-order chi connectivity index (χ1) is 16.8. The fourth-order valence-electron chi connectivity index (χ4n) is 3.39. The van der Waals surface area contributed by atoms with Crippen LogP contribution >= 0.6 is 11.8 Å². The molecule has 35 heavy (non-hydrogen) atoms. The number of thioether (sulfide) groups is 1. The summed E-state index contributed by atoms with van der Waals surface area (Å²) in [7, 11) is 0. The average molecular weight is 496 g/mol. The summed E-state index contributed by atoms with van der Waals surface area (Å²) in [5, 5.41) is 14.8. The minimum absolute atomic E-state index is 0.127. The highest BCUT2D eigenvalue weighted by Gasteiger charge is 2.20. The summed E-state index contributed by atoms with van der Waals surface area (Å²) in [6, 6.07) is 13.5. The number of amides is 2. The monoisotopic (exact) mass is 495 g/mol. The summed E-state index contributed by atoms with van der Waals surface area (Å²) in [5.41, 5.74) is 2.59. The van der Waals surface area contributed by atoms with E-state index in [0.717, 1.165) is 5.56 Å². The van der Waals surface area contributed by atoms with E-state index in [9.17, 15) is 14.4 Å². The zero-order valence-electron chi connectivity index (χ0n) is 20.2. The number of hydrogen-bond donors (Lipinski definition) is 2. The number of aryl methyl sites for hydroxylation is 1. The van der Waals surface area contributed by atoms with E-state index in [0.29, 0.717) is 40.9 Å². The van der Waals surface area contributed by atoms with Crippen molar-refractivity contribution in [3.05, 3.63) is 71.0 Å². The molecule has 0 aliphatic rings. The van der Waals surface area contributed by atoms with Crippen LogP contribution in [0.15, 0.2) is 53.7 Å². The van der Waals surface area contributed by atoms with Crippen molar-refractivity contribution in [2.75, 3.05) is 17.7 Å². The Balaban J connectivity index is 1.58. The maximum absolute atomic E-state index is 12.6. The van der Waals surface area contributed by atoms with Crippen molar-refractivity contribution in [1.29, 1.82) is 0 Å². The lowest BCUT2D eigenvalue weighted by Gasteiger charge is -2.15. The molecule has 184 valence electrons. The molecule has 9 nitrogen and oxygen atoms in total. The van der Waals surface area contributed by atoms with Crippen LogP contribution in [0.1, 0.15) is 58.9 Å². The average Bonchev–Trinajstić information content (AvgIpc) is 3.26. The first-order valence-corrected chi connectivity index (χ1v) is 12.3. The van der Waals surface area contributed by atoms with E-state index in [1.807, 2.05) is 43.5 Å². The number of anilines is 1. The van der Waals surface area contributed by atoms with Gasteiger partial charge in [-0.1, -0.05) is 29.5 Å². The van der Waals surface area contributed by atoms with Gasteiger partial charge in [0.1, 0.15) is 0 Å². The first-order valence-electron chi connectivity index (χ1n) is 11.3. The van der Waals surface area contributed by atoms with E-state index in [1.165, 1.54) is 11.8 Å². The van der Waals surface area contributed by atoms with Crippen molar-refractivity contribution in [2.24, 2.45) is 0 Å². The van der Waals surface area contributed by atoms with Crippen LogP contribution in [0.4, 0.5) is 5.69 Å². The molecule has 0 spiro atoms. The Bertz CT molecular complexity index is 1190. The van der Waals surface area contributed by atoms with Gasteiger partial charge in [0, 0.05) is 17.8 Å². The topological polar surface area (TPSA) is 115 Å². The molecule has 0 radical (unpaired) electrons. The third-order valence-corrected chi connectivity index (χ3v) is 6.06. The number of carbonyl (C=O) groups excluding carboxylic acids is 3. The molecule has 0 saturated heterocycles. The van der Waals surface area contributed by atoms with Crippen molar-refractivity contribution in [3.8, 4) is 0 Å². The molecule has 2 amide bonds. The second-order valence-corrected chi connectivity index (χ2v) is 8.73. The highest BCUT2D eigenvalue weighted by Crippen LogP contribution is 2.21. The molecule has 2 N–H and O–H groups in total. The largest absolute Gasteiger partial charge is 0.462 e. The molecule has 1 aromatic heterocycles. The highest BCUT2D eigenvalue weighted by molar-refractivity contribution is 7.99. The van der Waals surface area contributed by atoms with Gasteiger partial charge in [-0.05, 0) is 64.1 Å². The summed E-state index contributed by atoms with van der Waals surface area (Å²) < 4.78 is 6.84. The lowest BCUT2D eigenvalue weighted by atomic mass is 10.1.